The highest BCUT2D eigenvalue weighted by atomic mass is 16.5. The van der Waals surface area contributed by atoms with Gasteiger partial charge in [-0.1, -0.05) is 19.1 Å². The average Bonchev–Trinajstić information content (AvgIpc) is 2.65. The maximum atomic E-state index is 11.9. The van der Waals surface area contributed by atoms with E-state index in [0.29, 0.717) is 29.2 Å². The molecule has 128 valence electrons. The summed E-state index contributed by atoms with van der Waals surface area (Å²) >= 11 is 0. The number of hydrogen-bond donors (Lipinski definition) is 1. The Morgan fingerprint density at radius 2 is 1.84 bits per heavy atom. The van der Waals surface area contributed by atoms with E-state index in [0.717, 1.165) is 6.42 Å². The lowest BCUT2D eigenvalue weighted by molar-refractivity contribution is -0.118. The third-order valence-corrected chi connectivity index (χ3v) is 3.21. The molecule has 2 rings (SSSR count). The van der Waals surface area contributed by atoms with Crippen LogP contribution in [0, 0.1) is 11.3 Å². The number of para-hydroxylation sites is 1. The molecular formula is C19H18N2O4. The zero-order valence-electron chi connectivity index (χ0n) is 13.8. The van der Waals surface area contributed by atoms with Gasteiger partial charge in [0.05, 0.1) is 17.7 Å². The second-order valence-corrected chi connectivity index (χ2v) is 5.16. The minimum absolute atomic E-state index is 0.223. The summed E-state index contributed by atoms with van der Waals surface area (Å²) in [5.74, 6) is -0.403. The van der Waals surface area contributed by atoms with Crippen molar-refractivity contribution in [3.63, 3.8) is 0 Å². The Morgan fingerprint density at radius 3 is 2.52 bits per heavy atom. The lowest BCUT2D eigenvalue weighted by Crippen LogP contribution is -2.20. The summed E-state index contributed by atoms with van der Waals surface area (Å²) in [5.41, 5.74) is 1.32. The van der Waals surface area contributed by atoms with E-state index in [1.54, 1.807) is 48.5 Å². The minimum Gasteiger partial charge on any atom is -0.482 e. The molecule has 0 unspecified atom stereocenters. The van der Waals surface area contributed by atoms with Crippen LogP contribution in [0.25, 0.3) is 0 Å². The molecule has 2 aromatic rings. The molecule has 0 aliphatic carbocycles. The van der Waals surface area contributed by atoms with Crippen LogP contribution in [0.2, 0.25) is 0 Å². The van der Waals surface area contributed by atoms with Crippen LogP contribution >= 0.6 is 0 Å². The van der Waals surface area contributed by atoms with Gasteiger partial charge >= 0.3 is 5.97 Å². The predicted molar refractivity (Wildman–Crippen MR) is 92.3 cm³/mol. The summed E-state index contributed by atoms with van der Waals surface area (Å²) in [5, 5.41) is 11.6. The fraction of sp³-hybridized carbons (Fsp3) is 0.211. The summed E-state index contributed by atoms with van der Waals surface area (Å²) in [6.45, 7) is 2.07. The molecule has 1 N–H and O–H groups in total. The number of nitrogens with zero attached hydrogens (tertiary/aromatic N) is 1. The van der Waals surface area contributed by atoms with Gasteiger partial charge in [0.15, 0.2) is 6.61 Å². The predicted octanol–water partition coefficient (Wildman–Crippen LogP) is 3.14. The number of carbonyl (C=O) groups is 2. The third kappa shape index (κ3) is 5.36. The number of anilines is 1. The van der Waals surface area contributed by atoms with Crippen molar-refractivity contribution in [3.8, 4) is 11.8 Å². The smallest absolute Gasteiger partial charge is 0.338 e. The Hall–Kier alpha value is -3.33. The van der Waals surface area contributed by atoms with Crippen LogP contribution in [-0.2, 0) is 9.53 Å². The van der Waals surface area contributed by atoms with Crippen LogP contribution in [0.4, 0.5) is 5.69 Å². The van der Waals surface area contributed by atoms with Crippen LogP contribution in [0.1, 0.15) is 29.3 Å². The fourth-order valence-corrected chi connectivity index (χ4v) is 1.99. The highest BCUT2D eigenvalue weighted by Gasteiger charge is 2.09. The Balaban J connectivity index is 1.88. The molecule has 25 heavy (non-hydrogen) atoms. The highest BCUT2D eigenvalue weighted by molar-refractivity contribution is 5.93. The molecule has 0 saturated carbocycles. The quantitative estimate of drug-likeness (QED) is 0.784. The molecule has 0 heterocycles. The first-order valence-electron chi connectivity index (χ1n) is 7.83. The number of esters is 1. The first-order chi connectivity index (χ1) is 12.1. The van der Waals surface area contributed by atoms with E-state index < -0.39 is 5.97 Å². The molecule has 0 aliphatic rings. The second-order valence-electron chi connectivity index (χ2n) is 5.16. The minimum atomic E-state index is -0.392. The van der Waals surface area contributed by atoms with E-state index >= 15 is 0 Å². The monoisotopic (exact) mass is 338 g/mol. The van der Waals surface area contributed by atoms with Gasteiger partial charge in [-0.2, -0.15) is 5.26 Å². The van der Waals surface area contributed by atoms with Crippen molar-refractivity contribution in [1.82, 2.24) is 0 Å². The Kier molecular flexibility index (Phi) is 6.55. The summed E-state index contributed by atoms with van der Waals surface area (Å²) in [6.07, 6.45) is 0.759. The van der Waals surface area contributed by atoms with Gasteiger partial charge in [-0.25, -0.2) is 4.79 Å². The molecule has 0 aromatic heterocycles. The van der Waals surface area contributed by atoms with Crippen molar-refractivity contribution in [2.75, 3.05) is 18.5 Å². The van der Waals surface area contributed by atoms with Gasteiger partial charge in [-0.3, -0.25) is 4.79 Å². The van der Waals surface area contributed by atoms with E-state index in [-0.39, 0.29) is 12.5 Å². The Labute approximate surface area is 146 Å². The number of ether oxygens (including phenoxy) is 2. The Bertz CT molecular complexity index is 779. The van der Waals surface area contributed by atoms with Gasteiger partial charge in [0.1, 0.15) is 11.8 Å². The number of benzene rings is 2. The van der Waals surface area contributed by atoms with E-state index in [2.05, 4.69) is 5.32 Å². The van der Waals surface area contributed by atoms with Crippen LogP contribution in [0.5, 0.6) is 5.75 Å². The zero-order chi connectivity index (χ0) is 18.1. The number of rotatable bonds is 7. The first kappa shape index (κ1) is 18.0. The van der Waals surface area contributed by atoms with Crippen molar-refractivity contribution in [3.05, 3.63) is 59.7 Å². The van der Waals surface area contributed by atoms with Crippen LogP contribution in [0.3, 0.4) is 0 Å². The first-order valence-corrected chi connectivity index (χ1v) is 7.83. The highest BCUT2D eigenvalue weighted by Crippen LogP contribution is 2.16. The van der Waals surface area contributed by atoms with Crippen molar-refractivity contribution < 1.29 is 19.1 Å². The normalized spacial score (nSPS) is 9.76. The number of amides is 1. The molecule has 0 spiro atoms. The van der Waals surface area contributed by atoms with E-state index in [4.69, 9.17) is 14.7 Å². The zero-order valence-corrected chi connectivity index (χ0v) is 13.8. The summed E-state index contributed by atoms with van der Waals surface area (Å²) in [7, 11) is 0. The van der Waals surface area contributed by atoms with Gasteiger partial charge in [0.25, 0.3) is 5.91 Å². The van der Waals surface area contributed by atoms with Crippen molar-refractivity contribution >= 4 is 17.6 Å². The topological polar surface area (TPSA) is 88.4 Å². The summed E-state index contributed by atoms with van der Waals surface area (Å²) in [4.78, 5) is 23.6. The van der Waals surface area contributed by atoms with E-state index in [9.17, 15) is 9.59 Å². The molecule has 0 radical (unpaired) electrons. The van der Waals surface area contributed by atoms with Crippen LogP contribution in [-0.4, -0.2) is 25.1 Å². The third-order valence-electron chi connectivity index (χ3n) is 3.21. The molecule has 6 heteroatoms. The second kappa shape index (κ2) is 9.08. The van der Waals surface area contributed by atoms with E-state index in [1.807, 2.05) is 13.0 Å². The maximum absolute atomic E-state index is 11.9. The lowest BCUT2D eigenvalue weighted by atomic mass is 10.2. The molecule has 6 nitrogen and oxygen atoms in total. The molecule has 2 aromatic carbocycles. The van der Waals surface area contributed by atoms with Gasteiger partial charge in [-0.05, 0) is 42.8 Å². The number of hydrogen-bond acceptors (Lipinski definition) is 5. The van der Waals surface area contributed by atoms with Crippen LogP contribution in [0.15, 0.2) is 48.5 Å². The Morgan fingerprint density at radius 1 is 1.12 bits per heavy atom. The molecular weight excluding hydrogens is 320 g/mol. The standard InChI is InChI=1S/C19H18N2O4/c1-2-11-24-19(23)14-7-9-16(10-8-14)21-18(22)13-25-17-6-4-3-5-15(17)12-20/h3-10H,2,11,13H2,1H3,(H,21,22). The number of nitriles is 1. The van der Waals surface area contributed by atoms with Crippen molar-refractivity contribution in [2.45, 2.75) is 13.3 Å². The van der Waals surface area contributed by atoms with Gasteiger partial charge in [-0.15, -0.1) is 0 Å². The van der Waals surface area contributed by atoms with Gasteiger partial charge < -0.3 is 14.8 Å². The molecule has 0 saturated heterocycles. The average molecular weight is 338 g/mol. The summed E-state index contributed by atoms with van der Waals surface area (Å²) in [6, 6.07) is 15.1. The van der Waals surface area contributed by atoms with E-state index in [1.165, 1.54) is 0 Å². The molecule has 1 amide bonds. The van der Waals surface area contributed by atoms with Crippen molar-refractivity contribution in [2.24, 2.45) is 0 Å². The molecule has 0 aliphatic heterocycles. The molecule has 0 atom stereocenters. The largest absolute Gasteiger partial charge is 0.482 e. The maximum Gasteiger partial charge on any atom is 0.338 e. The SMILES string of the molecule is CCCOC(=O)c1ccc(NC(=O)COc2ccccc2C#N)cc1. The van der Waals surface area contributed by atoms with Gasteiger partial charge in [0.2, 0.25) is 0 Å². The molecule has 0 bridgehead atoms. The lowest BCUT2D eigenvalue weighted by Gasteiger charge is -2.09. The van der Waals surface area contributed by atoms with Crippen molar-refractivity contribution in [1.29, 1.82) is 5.26 Å². The fourth-order valence-electron chi connectivity index (χ4n) is 1.99. The van der Waals surface area contributed by atoms with Gasteiger partial charge in [0, 0.05) is 5.69 Å². The van der Waals surface area contributed by atoms with Crippen LogP contribution < -0.4 is 10.1 Å². The molecule has 0 fully saturated rings. The summed E-state index contributed by atoms with van der Waals surface area (Å²) < 4.78 is 10.4. The number of nitrogens with one attached hydrogen (secondary N) is 1. The number of carbonyl (C=O) groups excluding carboxylic acids is 2.